The largest absolute Gasteiger partial charge is 0.336 e. The van der Waals surface area contributed by atoms with E-state index in [9.17, 15) is 26.4 Å². The van der Waals surface area contributed by atoms with Gasteiger partial charge in [0.1, 0.15) is 4.90 Å². The first-order chi connectivity index (χ1) is 9.04. The molecule has 0 aliphatic rings. The number of sulfonamides is 1. The Labute approximate surface area is 118 Å². The number of hydrogen-bond acceptors (Lipinski definition) is 3. The van der Waals surface area contributed by atoms with Crippen LogP contribution in [0.4, 0.5) is 13.2 Å². The summed E-state index contributed by atoms with van der Waals surface area (Å²) in [5, 5.41) is 4.52. The summed E-state index contributed by atoms with van der Waals surface area (Å²) in [5.41, 5.74) is -0.746. The molecular weight excluding hydrogens is 321 g/mol. The Balaban J connectivity index is 3.33. The number of nitrogens with two attached hydrogens (primary N) is 1. The predicted octanol–water partition coefficient (Wildman–Crippen LogP) is 1.46. The van der Waals surface area contributed by atoms with Gasteiger partial charge in [-0.2, -0.15) is 0 Å². The molecule has 1 amide bonds. The third kappa shape index (κ3) is 3.84. The number of nitrogens with zero attached hydrogens (tertiary/aromatic N) is 1. The van der Waals surface area contributed by atoms with E-state index >= 15 is 0 Å². The summed E-state index contributed by atoms with van der Waals surface area (Å²) in [6.45, 7) is -0.935. The lowest BCUT2D eigenvalue weighted by Crippen LogP contribution is -2.32. The molecule has 10 heteroatoms. The van der Waals surface area contributed by atoms with Gasteiger partial charge in [0.05, 0.1) is 12.1 Å². The number of primary sulfonamides is 1. The second-order valence-electron chi connectivity index (χ2n) is 3.89. The van der Waals surface area contributed by atoms with Gasteiger partial charge in [0.2, 0.25) is 10.0 Å². The average molecular weight is 331 g/mol. The third-order valence-corrected chi connectivity index (χ3v) is 3.43. The smallest absolute Gasteiger partial charge is 0.256 e. The third-order valence-electron chi connectivity index (χ3n) is 2.30. The normalized spacial score (nSPS) is 11.8. The van der Waals surface area contributed by atoms with Crippen LogP contribution in [0.3, 0.4) is 0 Å². The maximum atomic E-state index is 13.9. The van der Waals surface area contributed by atoms with Crippen LogP contribution < -0.4 is 5.14 Å². The lowest BCUT2D eigenvalue weighted by atomic mass is 10.2. The van der Waals surface area contributed by atoms with Gasteiger partial charge < -0.3 is 4.90 Å². The molecule has 0 aromatic heterocycles. The molecule has 20 heavy (non-hydrogen) atoms. The first-order valence-corrected chi connectivity index (χ1v) is 7.02. The quantitative estimate of drug-likeness (QED) is 0.907. The molecule has 0 spiro atoms. The van der Waals surface area contributed by atoms with Gasteiger partial charge in [-0.3, -0.25) is 4.79 Å². The van der Waals surface area contributed by atoms with Crippen molar-refractivity contribution in [3.8, 4) is 0 Å². The summed E-state index contributed by atoms with van der Waals surface area (Å²) in [7, 11) is -3.42. The van der Waals surface area contributed by atoms with E-state index in [2.05, 4.69) is 0 Å². The SMILES string of the molecule is CN(CC(F)F)C(=O)c1cc(Cl)cc(S(N)(=O)=O)c1F. The van der Waals surface area contributed by atoms with Crippen LogP contribution in [0.25, 0.3) is 0 Å². The zero-order valence-corrected chi connectivity index (χ0v) is 11.7. The Kier molecular flexibility index (Phi) is 5.00. The van der Waals surface area contributed by atoms with Crippen LogP contribution in [0.15, 0.2) is 17.0 Å². The van der Waals surface area contributed by atoms with Crippen LogP contribution in [-0.2, 0) is 10.0 Å². The molecule has 0 aliphatic carbocycles. The van der Waals surface area contributed by atoms with Crippen molar-refractivity contribution in [3.05, 3.63) is 28.5 Å². The molecule has 0 saturated heterocycles. The van der Waals surface area contributed by atoms with Gasteiger partial charge in [-0.05, 0) is 12.1 Å². The minimum absolute atomic E-state index is 0.260. The predicted molar refractivity (Wildman–Crippen MR) is 65.7 cm³/mol. The fourth-order valence-corrected chi connectivity index (χ4v) is 2.36. The lowest BCUT2D eigenvalue weighted by Gasteiger charge is -2.17. The number of halogens is 4. The molecule has 1 aromatic rings. The summed E-state index contributed by atoms with van der Waals surface area (Å²) in [6.07, 6.45) is -2.82. The highest BCUT2D eigenvalue weighted by Gasteiger charge is 2.25. The molecule has 0 saturated carbocycles. The molecule has 0 aliphatic heterocycles. The molecule has 1 aromatic carbocycles. The molecule has 0 heterocycles. The van der Waals surface area contributed by atoms with E-state index in [1.807, 2.05) is 0 Å². The highest BCUT2D eigenvalue weighted by atomic mass is 35.5. The molecule has 2 N–H and O–H groups in total. The Morgan fingerprint density at radius 1 is 1.45 bits per heavy atom. The van der Waals surface area contributed by atoms with Gasteiger partial charge in [0, 0.05) is 12.1 Å². The molecular formula is C10H10ClF3N2O3S. The number of carbonyl (C=O) groups is 1. The Morgan fingerprint density at radius 3 is 2.45 bits per heavy atom. The monoisotopic (exact) mass is 330 g/mol. The highest BCUT2D eigenvalue weighted by Crippen LogP contribution is 2.24. The first kappa shape index (κ1) is 16.7. The van der Waals surface area contributed by atoms with Crippen LogP contribution in [-0.4, -0.2) is 39.2 Å². The first-order valence-electron chi connectivity index (χ1n) is 5.09. The molecule has 0 fully saturated rings. The van der Waals surface area contributed by atoms with E-state index in [0.29, 0.717) is 4.90 Å². The summed E-state index contributed by atoms with van der Waals surface area (Å²) >= 11 is 5.58. The summed E-state index contributed by atoms with van der Waals surface area (Å²) in [6, 6.07) is 1.58. The molecule has 1 rings (SSSR count). The van der Waals surface area contributed by atoms with Gasteiger partial charge in [-0.1, -0.05) is 11.6 Å². The van der Waals surface area contributed by atoms with Crippen LogP contribution >= 0.6 is 11.6 Å². The molecule has 112 valence electrons. The van der Waals surface area contributed by atoms with Crippen molar-refractivity contribution in [3.63, 3.8) is 0 Å². The van der Waals surface area contributed by atoms with Crippen molar-refractivity contribution < 1.29 is 26.4 Å². The second kappa shape index (κ2) is 5.98. The van der Waals surface area contributed by atoms with E-state index in [1.54, 1.807) is 0 Å². The van der Waals surface area contributed by atoms with Crippen molar-refractivity contribution in [2.45, 2.75) is 11.3 Å². The topological polar surface area (TPSA) is 80.5 Å². The molecule has 0 bridgehead atoms. The number of carbonyl (C=O) groups excluding carboxylic acids is 1. The molecule has 0 radical (unpaired) electrons. The van der Waals surface area contributed by atoms with Crippen molar-refractivity contribution in [1.82, 2.24) is 4.90 Å². The number of benzene rings is 1. The number of amides is 1. The highest BCUT2D eigenvalue weighted by molar-refractivity contribution is 7.89. The standard InChI is InChI=1S/C10H10ClF3N2O3S/c1-16(4-8(12)13)10(17)6-2-5(11)3-7(9(6)14)20(15,18)19/h2-3,8H,4H2,1H3,(H2,15,18,19). The van der Waals surface area contributed by atoms with E-state index in [0.717, 1.165) is 19.2 Å². The summed E-state index contributed by atoms with van der Waals surface area (Å²) in [4.78, 5) is 11.4. The second-order valence-corrected chi connectivity index (χ2v) is 5.85. The van der Waals surface area contributed by atoms with E-state index in [-0.39, 0.29) is 5.02 Å². The maximum absolute atomic E-state index is 13.9. The van der Waals surface area contributed by atoms with Crippen molar-refractivity contribution in [1.29, 1.82) is 0 Å². The van der Waals surface area contributed by atoms with Gasteiger partial charge >= 0.3 is 0 Å². The minimum atomic E-state index is -4.44. The average Bonchev–Trinajstić information content (AvgIpc) is 2.28. The van der Waals surface area contributed by atoms with E-state index in [4.69, 9.17) is 16.7 Å². The number of alkyl halides is 2. The molecule has 5 nitrogen and oxygen atoms in total. The van der Waals surface area contributed by atoms with Crippen LogP contribution in [0.2, 0.25) is 5.02 Å². The van der Waals surface area contributed by atoms with Gasteiger partial charge in [0.15, 0.2) is 5.82 Å². The Hall–Kier alpha value is -1.32. The summed E-state index contributed by atoms with van der Waals surface area (Å²) in [5.74, 6) is -2.56. The van der Waals surface area contributed by atoms with Gasteiger partial charge in [0.25, 0.3) is 12.3 Å². The van der Waals surface area contributed by atoms with Gasteiger partial charge in [-0.25, -0.2) is 26.7 Å². The van der Waals surface area contributed by atoms with Crippen molar-refractivity contribution in [2.75, 3.05) is 13.6 Å². The molecule has 0 unspecified atom stereocenters. The zero-order chi connectivity index (χ0) is 15.7. The Morgan fingerprint density at radius 2 is 2.00 bits per heavy atom. The fraction of sp³-hybridized carbons (Fsp3) is 0.300. The van der Waals surface area contributed by atoms with Crippen molar-refractivity contribution in [2.24, 2.45) is 5.14 Å². The van der Waals surface area contributed by atoms with Crippen LogP contribution in [0.5, 0.6) is 0 Å². The summed E-state index contributed by atoms with van der Waals surface area (Å²) < 4.78 is 60.6. The van der Waals surface area contributed by atoms with Crippen LogP contribution in [0, 0.1) is 5.82 Å². The minimum Gasteiger partial charge on any atom is -0.336 e. The number of rotatable bonds is 4. The fourth-order valence-electron chi connectivity index (χ4n) is 1.42. The number of hydrogen-bond donors (Lipinski definition) is 1. The lowest BCUT2D eigenvalue weighted by molar-refractivity contribution is 0.0615. The molecule has 0 atom stereocenters. The Bertz CT molecular complexity index is 637. The van der Waals surface area contributed by atoms with Crippen molar-refractivity contribution >= 4 is 27.5 Å². The van der Waals surface area contributed by atoms with Crippen LogP contribution in [0.1, 0.15) is 10.4 Å². The van der Waals surface area contributed by atoms with E-state index < -0.39 is 45.2 Å². The maximum Gasteiger partial charge on any atom is 0.256 e. The zero-order valence-electron chi connectivity index (χ0n) is 10.1. The van der Waals surface area contributed by atoms with E-state index in [1.165, 1.54) is 0 Å². The van der Waals surface area contributed by atoms with Gasteiger partial charge in [-0.15, -0.1) is 0 Å².